The molecule has 0 radical (unpaired) electrons. The molecule has 1 aromatic rings. The van der Waals surface area contributed by atoms with Crippen LogP contribution >= 0.6 is 22.6 Å². The predicted octanol–water partition coefficient (Wildman–Crippen LogP) is 1.63. The van der Waals surface area contributed by atoms with Crippen LogP contribution in [0.3, 0.4) is 0 Å². The largest absolute Gasteiger partial charge is 0.442 e. The number of halogens is 1. The van der Waals surface area contributed by atoms with Crippen molar-refractivity contribution in [2.24, 2.45) is 0 Å². The second kappa shape index (κ2) is 4.30. The Bertz CT molecular complexity index is 434. The first-order valence-corrected chi connectivity index (χ1v) is 5.36. The van der Waals surface area contributed by atoms with Crippen molar-refractivity contribution in [3.63, 3.8) is 0 Å². The van der Waals surface area contributed by atoms with Crippen LogP contribution in [0.5, 0.6) is 0 Å². The van der Waals surface area contributed by atoms with E-state index in [-0.39, 0.29) is 0 Å². The molecule has 0 amide bonds. The summed E-state index contributed by atoms with van der Waals surface area (Å²) < 4.78 is 6.38. The molecule has 0 aliphatic heterocycles. The van der Waals surface area contributed by atoms with Crippen molar-refractivity contribution in [1.29, 1.82) is 0 Å². The molecule has 0 bridgehead atoms. The quantitative estimate of drug-likeness (QED) is 0.681. The summed E-state index contributed by atoms with van der Waals surface area (Å²) in [7, 11) is 0. The fourth-order valence-corrected chi connectivity index (χ4v) is 1.22. The highest BCUT2D eigenvalue weighted by molar-refractivity contribution is 14.1. The van der Waals surface area contributed by atoms with Crippen LogP contribution in [0.1, 0.15) is 20.8 Å². The molecule has 0 atom stereocenters. The molecule has 0 saturated carbocycles. The minimum Gasteiger partial charge on any atom is -0.442 e. The number of aromatic nitrogens is 2. The molecule has 0 aliphatic carbocycles. The molecule has 5 nitrogen and oxygen atoms in total. The average molecular weight is 322 g/mol. The average Bonchev–Trinajstić information content (AvgIpc) is 1.99. The van der Waals surface area contributed by atoms with E-state index in [2.05, 4.69) is 5.10 Å². The van der Waals surface area contributed by atoms with Crippen LogP contribution in [0.15, 0.2) is 17.1 Å². The standard InChI is InChI=1S/C9H11IN2O3/c1-9(2,3)15-8(14)12-7(13)4-6(10)5-11-12/h4-5H,1-3H3. The van der Waals surface area contributed by atoms with Gasteiger partial charge in [0.2, 0.25) is 0 Å². The van der Waals surface area contributed by atoms with Gasteiger partial charge < -0.3 is 4.74 Å². The van der Waals surface area contributed by atoms with Gasteiger partial charge in [0.05, 0.1) is 6.20 Å². The molecule has 0 aliphatic rings. The molecule has 6 heteroatoms. The summed E-state index contributed by atoms with van der Waals surface area (Å²) in [6.45, 7) is 5.17. The topological polar surface area (TPSA) is 61.2 Å². The van der Waals surface area contributed by atoms with Gasteiger partial charge in [0.1, 0.15) is 5.60 Å². The summed E-state index contributed by atoms with van der Waals surface area (Å²) in [4.78, 5) is 22.8. The number of carbonyl (C=O) groups excluding carboxylic acids is 1. The summed E-state index contributed by atoms with van der Waals surface area (Å²) in [5.41, 5.74) is -1.13. The van der Waals surface area contributed by atoms with E-state index in [0.29, 0.717) is 8.25 Å². The van der Waals surface area contributed by atoms with Gasteiger partial charge in [-0.05, 0) is 43.4 Å². The molecule has 15 heavy (non-hydrogen) atoms. The van der Waals surface area contributed by atoms with E-state index in [0.717, 1.165) is 0 Å². The molecule has 1 rings (SSSR count). The van der Waals surface area contributed by atoms with Crippen LogP contribution in [-0.4, -0.2) is 21.5 Å². The lowest BCUT2D eigenvalue weighted by molar-refractivity contribution is 0.0505. The second-order valence-electron chi connectivity index (χ2n) is 3.90. The first-order valence-electron chi connectivity index (χ1n) is 4.28. The molecule has 0 saturated heterocycles. The SMILES string of the molecule is CC(C)(C)OC(=O)n1ncc(I)cc1=O. The Morgan fingerprint density at radius 2 is 2.13 bits per heavy atom. The minimum atomic E-state index is -0.760. The van der Waals surface area contributed by atoms with Crippen LogP contribution in [0.2, 0.25) is 0 Å². The smallest absolute Gasteiger partial charge is 0.438 e. The summed E-state index contributed by atoms with van der Waals surface area (Å²) in [5, 5.41) is 3.68. The number of nitrogens with zero attached hydrogens (tertiary/aromatic N) is 2. The van der Waals surface area contributed by atoms with Gasteiger partial charge in [-0.1, -0.05) is 0 Å². The van der Waals surface area contributed by atoms with Crippen molar-refractivity contribution in [2.45, 2.75) is 26.4 Å². The van der Waals surface area contributed by atoms with E-state index >= 15 is 0 Å². The van der Waals surface area contributed by atoms with Crippen LogP contribution in [-0.2, 0) is 4.74 Å². The highest BCUT2D eigenvalue weighted by atomic mass is 127. The maximum absolute atomic E-state index is 11.5. The van der Waals surface area contributed by atoms with E-state index in [1.807, 2.05) is 22.6 Å². The zero-order valence-electron chi connectivity index (χ0n) is 8.65. The Morgan fingerprint density at radius 3 is 2.60 bits per heavy atom. The summed E-state index contributed by atoms with van der Waals surface area (Å²) in [6, 6.07) is 1.32. The highest BCUT2D eigenvalue weighted by Crippen LogP contribution is 2.07. The number of ether oxygens (including phenoxy) is 1. The molecule has 1 aromatic heterocycles. The van der Waals surface area contributed by atoms with Gasteiger partial charge in [0.15, 0.2) is 0 Å². The lowest BCUT2D eigenvalue weighted by atomic mass is 10.2. The van der Waals surface area contributed by atoms with Crippen molar-refractivity contribution in [1.82, 2.24) is 9.78 Å². The third-order valence-corrected chi connectivity index (χ3v) is 1.92. The first kappa shape index (κ1) is 12.2. The maximum Gasteiger partial charge on any atom is 0.438 e. The van der Waals surface area contributed by atoms with Gasteiger partial charge in [0.25, 0.3) is 5.56 Å². The van der Waals surface area contributed by atoms with Crippen molar-refractivity contribution in [3.8, 4) is 0 Å². The van der Waals surface area contributed by atoms with Gasteiger partial charge in [-0.3, -0.25) is 4.79 Å². The highest BCUT2D eigenvalue weighted by Gasteiger charge is 2.19. The van der Waals surface area contributed by atoms with E-state index in [9.17, 15) is 9.59 Å². The van der Waals surface area contributed by atoms with Crippen LogP contribution in [0.25, 0.3) is 0 Å². The Labute approximate surface area is 101 Å². The Balaban J connectivity index is 2.98. The van der Waals surface area contributed by atoms with Gasteiger partial charge in [-0.2, -0.15) is 5.10 Å². The number of hydrogen-bond donors (Lipinski definition) is 0. The van der Waals surface area contributed by atoms with E-state index < -0.39 is 17.3 Å². The Kier molecular flexibility index (Phi) is 3.48. The van der Waals surface area contributed by atoms with Crippen LogP contribution in [0.4, 0.5) is 4.79 Å². The molecule has 0 spiro atoms. The normalized spacial score (nSPS) is 11.2. The van der Waals surface area contributed by atoms with Gasteiger partial charge >= 0.3 is 6.09 Å². The zero-order chi connectivity index (χ0) is 11.6. The molecule has 1 heterocycles. The van der Waals surface area contributed by atoms with Gasteiger partial charge in [0, 0.05) is 9.64 Å². The molecule has 0 fully saturated rings. The number of carbonyl (C=O) groups is 1. The maximum atomic E-state index is 11.5. The van der Waals surface area contributed by atoms with Crippen molar-refractivity contribution < 1.29 is 9.53 Å². The van der Waals surface area contributed by atoms with Gasteiger partial charge in [-0.25, -0.2) is 4.79 Å². The fourth-order valence-electron chi connectivity index (χ4n) is 0.828. The lowest BCUT2D eigenvalue weighted by Crippen LogP contribution is -2.34. The Hall–Kier alpha value is -0.920. The summed E-state index contributed by atoms with van der Waals surface area (Å²) >= 11 is 1.95. The van der Waals surface area contributed by atoms with Crippen LogP contribution in [0, 0.1) is 3.57 Å². The van der Waals surface area contributed by atoms with Crippen molar-refractivity contribution in [3.05, 3.63) is 26.2 Å². The Morgan fingerprint density at radius 1 is 1.53 bits per heavy atom. The van der Waals surface area contributed by atoms with E-state index in [4.69, 9.17) is 4.74 Å². The lowest BCUT2D eigenvalue weighted by Gasteiger charge is -2.18. The van der Waals surface area contributed by atoms with E-state index in [1.165, 1.54) is 12.3 Å². The molecule has 82 valence electrons. The summed E-state index contributed by atoms with van der Waals surface area (Å²) in [6.07, 6.45) is 0.662. The molecule has 0 unspecified atom stereocenters. The predicted molar refractivity (Wildman–Crippen MR) is 62.8 cm³/mol. The van der Waals surface area contributed by atoms with Gasteiger partial charge in [-0.15, -0.1) is 4.68 Å². The second-order valence-corrected chi connectivity index (χ2v) is 5.15. The first-order chi connectivity index (χ1) is 6.79. The number of rotatable bonds is 0. The minimum absolute atomic E-state index is 0.490. The van der Waals surface area contributed by atoms with Crippen molar-refractivity contribution in [2.75, 3.05) is 0 Å². The third-order valence-electron chi connectivity index (χ3n) is 1.33. The summed E-state index contributed by atoms with van der Waals surface area (Å²) in [5.74, 6) is 0. The van der Waals surface area contributed by atoms with Crippen LogP contribution < -0.4 is 5.56 Å². The molecular weight excluding hydrogens is 311 g/mol. The third kappa shape index (κ3) is 3.61. The van der Waals surface area contributed by atoms with E-state index in [1.54, 1.807) is 20.8 Å². The van der Waals surface area contributed by atoms with Crippen molar-refractivity contribution >= 4 is 28.7 Å². The fraction of sp³-hybridized carbons (Fsp3) is 0.444. The molecule has 0 aromatic carbocycles. The molecule has 0 N–H and O–H groups in total. The zero-order valence-corrected chi connectivity index (χ0v) is 10.8. The monoisotopic (exact) mass is 322 g/mol. The number of hydrogen-bond acceptors (Lipinski definition) is 4. The molecular formula is C9H11IN2O3.